The molecule has 0 saturated carbocycles. The Kier molecular flexibility index (Phi) is 5.43. The van der Waals surface area contributed by atoms with Gasteiger partial charge in [0.05, 0.1) is 7.11 Å². The van der Waals surface area contributed by atoms with Crippen molar-refractivity contribution < 1.29 is 4.74 Å². The summed E-state index contributed by atoms with van der Waals surface area (Å²) in [4.78, 5) is 0. The molecule has 0 spiro atoms. The van der Waals surface area contributed by atoms with Gasteiger partial charge in [-0.2, -0.15) is 0 Å². The summed E-state index contributed by atoms with van der Waals surface area (Å²) in [6, 6.07) is 17.5. The van der Waals surface area contributed by atoms with Crippen LogP contribution in [0.1, 0.15) is 37.1 Å². The Morgan fingerprint density at radius 1 is 0.850 bits per heavy atom. The predicted molar refractivity (Wildman–Crippen MR) is 92.1 cm³/mol. The fraction of sp³-hybridized carbons (Fsp3) is 0.294. The lowest BCUT2D eigenvalue weighted by Crippen LogP contribution is -2.22. The van der Waals surface area contributed by atoms with E-state index in [9.17, 15) is 0 Å². The number of benzene rings is 2. The standard InChI is InChI=1S/C17H20INO/c1-12(14-4-8-16(18)9-5-14)19-13(2)15-6-10-17(20-3)11-7-15/h4-13,19H,1-3H3. The lowest BCUT2D eigenvalue weighted by molar-refractivity contribution is 0.414. The van der Waals surface area contributed by atoms with Gasteiger partial charge in [-0.15, -0.1) is 0 Å². The van der Waals surface area contributed by atoms with Gasteiger partial charge >= 0.3 is 0 Å². The van der Waals surface area contributed by atoms with Gasteiger partial charge in [-0.25, -0.2) is 0 Å². The van der Waals surface area contributed by atoms with Gasteiger partial charge in [0, 0.05) is 15.7 Å². The molecule has 2 aromatic rings. The molecule has 0 heterocycles. The molecule has 2 aromatic carbocycles. The molecule has 0 aliphatic heterocycles. The van der Waals surface area contributed by atoms with Crippen molar-refractivity contribution in [3.8, 4) is 5.75 Å². The normalized spacial score (nSPS) is 13.8. The summed E-state index contributed by atoms with van der Waals surface area (Å²) in [6.45, 7) is 4.38. The minimum Gasteiger partial charge on any atom is -0.497 e. The highest BCUT2D eigenvalue weighted by Gasteiger charge is 2.11. The van der Waals surface area contributed by atoms with E-state index in [4.69, 9.17) is 4.74 Å². The monoisotopic (exact) mass is 381 g/mol. The van der Waals surface area contributed by atoms with Crippen molar-refractivity contribution in [3.05, 3.63) is 63.2 Å². The van der Waals surface area contributed by atoms with E-state index in [1.54, 1.807) is 7.11 Å². The molecule has 1 N–H and O–H groups in total. The maximum atomic E-state index is 5.19. The summed E-state index contributed by atoms with van der Waals surface area (Å²) in [7, 11) is 1.69. The minimum atomic E-state index is 0.301. The van der Waals surface area contributed by atoms with Gasteiger partial charge in [-0.05, 0) is 71.8 Å². The van der Waals surface area contributed by atoms with Crippen LogP contribution in [0.4, 0.5) is 0 Å². The summed E-state index contributed by atoms with van der Waals surface area (Å²) in [5, 5.41) is 3.63. The molecule has 3 heteroatoms. The molecule has 0 aliphatic rings. The topological polar surface area (TPSA) is 21.3 Å². The Hall–Kier alpha value is -1.07. The minimum absolute atomic E-state index is 0.301. The van der Waals surface area contributed by atoms with Crippen LogP contribution in [0.3, 0.4) is 0 Å². The zero-order chi connectivity index (χ0) is 14.5. The highest BCUT2D eigenvalue weighted by Crippen LogP contribution is 2.22. The fourth-order valence-corrected chi connectivity index (χ4v) is 2.57. The Labute approximate surface area is 134 Å². The van der Waals surface area contributed by atoms with Crippen LogP contribution in [0, 0.1) is 3.57 Å². The van der Waals surface area contributed by atoms with Crippen LogP contribution < -0.4 is 10.1 Å². The van der Waals surface area contributed by atoms with Crippen LogP contribution in [0.25, 0.3) is 0 Å². The Morgan fingerprint density at radius 2 is 1.30 bits per heavy atom. The third-order valence-corrected chi connectivity index (χ3v) is 4.20. The second-order valence-electron chi connectivity index (χ2n) is 4.93. The first kappa shape index (κ1) is 15.3. The summed E-state index contributed by atoms with van der Waals surface area (Å²) in [5.41, 5.74) is 2.58. The molecular weight excluding hydrogens is 361 g/mol. The lowest BCUT2D eigenvalue weighted by atomic mass is 10.0. The Balaban J connectivity index is 2.02. The van der Waals surface area contributed by atoms with Gasteiger partial charge in [0.15, 0.2) is 0 Å². The number of nitrogens with one attached hydrogen (secondary N) is 1. The van der Waals surface area contributed by atoms with E-state index < -0.39 is 0 Å². The van der Waals surface area contributed by atoms with Crippen LogP contribution in [0.15, 0.2) is 48.5 Å². The SMILES string of the molecule is COc1ccc(C(C)NC(C)c2ccc(I)cc2)cc1. The average molecular weight is 381 g/mol. The molecule has 2 unspecified atom stereocenters. The Morgan fingerprint density at radius 3 is 1.75 bits per heavy atom. The van der Waals surface area contributed by atoms with Crippen LogP contribution in [-0.4, -0.2) is 7.11 Å². The summed E-state index contributed by atoms with van der Waals surface area (Å²) < 4.78 is 6.45. The summed E-state index contributed by atoms with van der Waals surface area (Å²) in [5.74, 6) is 0.895. The molecule has 2 rings (SSSR count). The van der Waals surface area contributed by atoms with Gasteiger partial charge in [-0.1, -0.05) is 24.3 Å². The molecule has 20 heavy (non-hydrogen) atoms. The quantitative estimate of drug-likeness (QED) is 0.758. The van der Waals surface area contributed by atoms with Crippen molar-refractivity contribution in [2.75, 3.05) is 7.11 Å². The van der Waals surface area contributed by atoms with Gasteiger partial charge < -0.3 is 10.1 Å². The molecule has 0 bridgehead atoms. The molecule has 0 aromatic heterocycles. The third kappa shape index (κ3) is 3.96. The first-order chi connectivity index (χ1) is 9.60. The highest BCUT2D eigenvalue weighted by atomic mass is 127. The van der Waals surface area contributed by atoms with Gasteiger partial charge in [-0.3, -0.25) is 0 Å². The van der Waals surface area contributed by atoms with Crippen molar-refractivity contribution in [3.63, 3.8) is 0 Å². The van der Waals surface area contributed by atoms with E-state index in [1.165, 1.54) is 14.7 Å². The number of hydrogen-bond donors (Lipinski definition) is 1. The summed E-state index contributed by atoms with van der Waals surface area (Å²) in [6.07, 6.45) is 0. The van der Waals surface area contributed by atoms with E-state index in [0.717, 1.165) is 5.75 Å². The molecule has 0 amide bonds. The maximum absolute atomic E-state index is 5.19. The molecule has 0 aliphatic carbocycles. The second-order valence-corrected chi connectivity index (χ2v) is 6.18. The largest absolute Gasteiger partial charge is 0.497 e. The smallest absolute Gasteiger partial charge is 0.118 e. The van der Waals surface area contributed by atoms with E-state index >= 15 is 0 Å². The average Bonchev–Trinajstić information content (AvgIpc) is 2.48. The molecular formula is C17H20INO. The summed E-state index contributed by atoms with van der Waals surface area (Å²) >= 11 is 2.33. The van der Waals surface area contributed by atoms with Gasteiger partial charge in [0.2, 0.25) is 0 Å². The Bertz CT molecular complexity index is 536. The van der Waals surface area contributed by atoms with Crippen molar-refractivity contribution >= 4 is 22.6 Å². The first-order valence-corrected chi connectivity index (χ1v) is 7.83. The third-order valence-electron chi connectivity index (χ3n) is 3.49. The number of rotatable bonds is 5. The zero-order valence-electron chi connectivity index (χ0n) is 12.1. The number of hydrogen-bond acceptors (Lipinski definition) is 2. The van der Waals surface area contributed by atoms with Crippen LogP contribution in [0.5, 0.6) is 5.75 Å². The molecule has 106 valence electrons. The number of ether oxygens (including phenoxy) is 1. The van der Waals surface area contributed by atoms with E-state index in [-0.39, 0.29) is 0 Å². The van der Waals surface area contributed by atoms with Gasteiger partial charge in [0.25, 0.3) is 0 Å². The van der Waals surface area contributed by atoms with E-state index in [2.05, 4.69) is 78.2 Å². The molecule has 0 fully saturated rings. The molecule has 0 saturated heterocycles. The first-order valence-electron chi connectivity index (χ1n) is 6.75. The zero-order valence-corrected chi connectivity index (χ0v) is 14.2. The number of methoxy groups -OCH3 is 1. The van der Waals surface area contributed by atoms with Crippen molar-refractivity contribution in [2.45, 2.75) is 25.9 Å². The highest BCUT2D eigenvalue weighted by molar-refractivity contribution is 14.1. The second kappa shape index (κ2) is 7.09. The van der Waals surface area contributed by atoms with E-state index in [0.29, 0.717) is 12.1 Å². The molecule has 0 radical (unpaired) electrons. The van der Waals surface area contributed by atoms with Crippen LogP contribution in [0.2, 0.25) is 0 Å². The predicted octanol–water partition coefficient (Wildman–Crippen LogP) is 4.71. The van der Waals surface area contributed by atoms with E-state index in [1.807, 2.05) is 12.1 Å². The molecule has 2 atom stereocenters. The van der Waals surface area contributed by atoms with Gasteiger partial charge in [0.1, 0.15) is 5.75 Å². The van der Waals surface area contributed by atoms with Crippen LogP contribution in [-0.2, 0) is 0 Å². The lowest BCUT2D eigenvalue weighted by Gasteiger charge is -2.21. The van der Waals surface area contributed by atoms with Crippen molar-refractivity contribution in [2.24, 2.45) is 0 Å². The van der Waals surface area contributed by atoms with Crippen molar-refractivity contribution in [1.29, 1.82) is 0 Å². The number of halogens is 1. The molecule has 2 nitrogen and oxygen atoms in total. The van der Waals surface area contributed by atoms with Crippen molar-refractivity contribution in [1.82, 2.24) is 5.32 Å². The maximum Gasteiger partial charge on any atom is 0.118 e. The van der Waals surface area contributed by atoms with Crippen LogP contribution >= 0.6 is 22.6 Å². The fourth-order valence-electron chi connectivity index (χ4n) is 2.21.